The predicted molar refractivity (Wildman–Crippen MR) is 168 cm³/mol. The van der Waals surface area contributed by atoms with Crippen LogP contribution in [0.4, 0.5) is 0 Å². The van der Waals surface area contributed by atoms with Crippen LogP contribution in [0.3, 0.4) is 0 Å². The number of hydrogen-bond donors (Lipinski definition) is 0. The first-order valence-corrected chi connectivity index (χ1v) is 18.7. The maximum absolute atomic E-state index is 3.57. The summed E-state index contributed by atoms with van der Waals surface area (Å²) >= 11 is 0. The van der Waals surface area contributed by atoms with E-state index in [1.165, 1.54) is 10.4 Å². The smallest absolute Gasteiger partial charge is 0.121 e. The van der Waals surface area contributed by atoms with Crippen LogP contribution < -0.4 is 10.4 Å². The molecule has 0 heterocycles. The van der Waals surface area contributed by atoms with E-state index in [0.717, 1.165) is 22.3 Å². The highest BCUT2D eigenvalue weighted by Gasteiger charge is 2.24. The molecule has 0 saturated carbocycles. The summed E-state index contributed by atoms with van der Waals surface area (Å²) in [6.07, 6.45) is 0. The molecule has 4 aromatic carbocycles. The molecule has 0 atom stereocenters. The number of hydrogen-bond acceptors (Lipinski definition) is 0. The van der Waals surface area contributed by atoms with Crippen LogP contribution in [0.15, 0.2) is 109 Å². The second-order valence-corrected chi connectivity index (χ2v) is 18.2. The molecule has 38 heavy (non-hydrogen) atoms. The van der Waals surface area contributed by atoms with Crippen LogP contribution in [-0.4, -0.2) is 16.1 Å². The van der Waals surface area contributed by atoms with Gasteiger partial charge in [-0.25, -0.2) is 0 Å². The maximum atomic E-state index is 3.57. The number of benzene rings is 4. The highest BCUT2D eigenvalue weighted by atomic mass is 28.3. The minimum atomic E-state index is -2.02. The molecule has 4 rings (SSSR count). The Morgan fingerprint density at radius 1 is 0.395 bits per heavy atom. The Labute approximate surface area is 230 Å². The van der Waals surface area contributed by atoms with Gasteiger partial charge in [-0.3, -0.25) is 0 Å². The Kier molecular flexibility index (Phi) is 8.54. The molecule has 0 aliphatic rings. The molecule has 0 N–H and O–H groups in total. The molecule has 0 aliphatic heterocycles. The first-order valence-electron chi connectivity index (χ1n) is 12.7. The Hall–Kier alpha value is -4.45. The Morgan fingerprint density at radius 3 is 1.13 bits per heavy atom. The molecule has 4 aromatic rings. The van der Waals surface area contributed by atoms with Gasteiger partial charge in [0.05, 0.1) is 0 Å². The summed E-state index contributed by atoms with van der Waals surface area (Å²) in [6, 6.07) is 37.0. The zero-order valence-corrected chi connectivity index (χ0v) is 24.4. The van der Waals surface area contributed by atoms with Crippen molar-refractivity contribution in [2.45, 2.75) is 26.2 Å². The topological polar surface area (TPSA) is 0 Å². The molecule has 0 aliphatic carbocycles. The zero-order chi connectivity index (χ0) is 26.8. The van der Waals surface area contributed by atoms with Crippen molar-refractivity contribution in [2.24, 2.45) is 0 Å². The van der Waals surface area contributed by atoms with E-state index in [1.54, 1.807) is 0 Å². The second-order valence-electron chi connectivity index (χ2n) is 10.1. The normalized spacial score (nSPS) is 10.3. The van der Waals surface area contributed by atoms with Gasteiger partial charge in [0.1, 0.15) is 0 Å². The third kappa shape index (κ3) is 7.07. The maximum Gasteiger partial charge on any atom is 0.164 e. The lowest BCUT2D eigenvalue weighted by molar-refractivity contribution is 1.64. The van der Waals surface area contributed by atoms with Gasteiger partial charge in [-0.2, -0.15) is 0 Å². The van der Waals surface area contributed by atoms with E-state index in [4.69, 9.17) is 0 Å². The second kappa shape index (κ2) is 12.2. The molecule has 0 amide bonds. The highest BCUT2D eigenvalue weighted by Crippen LogP contribution is 2.09. The largest absolute Gasteiger partial charge is 0.164 e. The van der Waals surface area contributed by atoms with Crippen molar-refractivity contribution in [1.82, 2.24) is 0 Å². The fraction of sp³-hybridized carbons (Fsp3) is 0.111. The van der Waals surface area contributed by atoms with Gasteiger partial charge in [0.25, 0.3) is 0 Å². The van der Waals surface area contributed by atoms with Crippen LogP contribution in [0.5, 0.6) is 0 Å². The Bertz CT molecular complexity index is 1540. The first kappa shape index (κ1) is 26.6. The number of rotatable bonds is 2. The lowest BCUT2D eigenvalue weighted by Crippen LogP contribution is -2.42. The van der Waals surface area contributed by atoms with Crippen LogP contribution in [0, 0.1) is 46.6 Å². The summed E-state index contributed by atoms with van der Waals surface area (Å²) in [5, 5.41) is 2.48. The van der Waals surface area contributed by atoms with E-state index >= 15 is 0 Å². The summed E-state index contributed by atoms with van der Waals surface area (Å²) in [5.74, 6) is 19.6. The van der Waals surface area contributed by atoms with Crippen molar-refractivity contribution in [2.75, 3.05) is 0 Å². The third-order valence-electron chi connectivity index (χ3n) is 6.24. The average molecular weight is 519 g/mol. The fourth-order valence-corrected chi connectivity index (χ4v) is 7.95. The summed E-state index contributed by atoms with van der Waals surface area (Å²) in [6.45, 7) is 9.09. The molecule has 0 fully saturated rings. The van der Waals surface area contributed by atoms with Crippen LogP contribution in [0.25, 0.3) is 0 Å². The molecular weight excluding hydrogens is 489 g/mol. The summed E-state index contributed by atoms with van der Waals surface area (Å²) in [7, 11) is -4.05. The Balaban J connectivity index is 1.60. The van der Waals surface area contributed by atoms with Crippen molar-refractivity contribution in [3.8, 4) is 46.6 Å². The fourth-order valence-electron chi connectivity index (χ4n) is 4.11. The lowest BCUT2D eigenvalue weighted by atomic mass is 10.2. The predicted octanol–water partition coefficient (Wildman–Crippen LogP) is 6.10. The van der Waals surface area contributed by atoms with Crippen LogP contribution >= 0.6 is 0 Å². The van der Waals surface area contributed by atoms with Crippen molar-refractivity contribution >= 4 is 26.5 Å². The van der Waals surface area contributed by atoms with Gasteiger partial charge in [-0.15, -0.1) is 11.1 Å². The molecule has 182 valence electrons. The van der Waals surface area contributed by atoms with Crippen LogP contribution in [0.1, 0.15) is 22.3 Å². The molecule has 0 nitrogen and oxygen atoms in total. The van der Waals surface area contributed by atoms with Gasteiger partial charge in [-0.05, 0) is 58.6 Å². The van der Waals surface area contributed by atoms with E-state index in [9.17, 15) is 0 Å². The highest BCUT2D eigenvalue weighted by molar-refractivity contribution is 6.97. The van der Waals surface area contributed by atoms with Gasteiger partial charge >= 0.3 is 0 Å². The quantitative estimate of drug-likeness (QED) is 0.222. The molecule has 0 saturated heterocycles. The van der Waals surface area contributed by atoms with Crippen LogP contribution in [-0.2, 0) is 0 Å². The van der Waals surface area contributed by atoms with E-state index in [1.807, 2.05) is 72.8 Å². The van der Waals surface area contributed by atoms with Gasteiger partial charge in [0.2, 0.25) is 0 Å². The average Bonchev–Trinajstić information content (AvgIpc) is 2.95. The zero-order valence-electron chi connectivity index (χ0n) is 22.4. The lowest BCUT2D eigenvalue weighted by Gasteiger charge is -2.17. The van der Waals surface area contributed by atoms with Gasteiger partial charge < -0.3 is 0 Å². The van der Waals surface area contributed by atoms with Crippen molar-refractivity contribution < 1.29 is 0 Å². The minimum Gasteiger partial charge on any atom is -0.121 e. The van der Waals surface area contributed by atoms with Crippen molar-refractivity contribution in [3.05, 3.63) is 131 Å². The monoisotopic (exact) mass is 518 g/mol. The summed E-state index contributed by atoms with van der Waals surface area (Å²) < 4.78 is 0. The Morgan fingerprint density at radius 2 is 0.737 bits per heavy atom. The van der Waals surface area contributed by atoms with Crippen LogP contribution in [0.2, 0.25) is 26.2 Å². The molecule has 2 heteroatoms. The molecule has 0 bridgehead atoms. The first-order chi connectivity index (χ1) is 18.4. The van der Waals surface area contributed by atoms with Gasteiger partial charge in [0.15, 0.2) is 16.1 Å². The van der Waals surface area contributed by atoms with E-state index in [-0.39, 0.29) is 0 Å². The van der Waals surface area contributed by atoms with E-state index in [2.05, 4.69) is 109 Å². The summed E-state index contributed by atoms with van der Waals surface area (Å²) in [4.78, 5) is 0. The molecule has 0 radical (unpaired) electrons. The minimum absolute atomic E-state index is 1.01. The standard InChI is InChI=1S/C36H30Si2/c1-37(2,29-27-31-17-7-5-8-18-31)35-25-15-13-23-33(35)21-11-12-22-34-24-14-16-26-36(34)38(3,4)30-28-32-19-9-6-10-20-32/h5-10,13-20,23-26H,1-4H3. The van der Waals surface area contributed by atoms with Crippen molar-refractivity contribution in [3.63, 3.8) is 0 Å². The van der Waals surface area contributed by atoms with E-state index < -0.39 is 16.1 Å². The third-order valence-corrected chi connectivity index (χ3v) is 11.3. The van der Waals surface area contributed by atoms with Gasteiger partial charge in [-0.1, -0.05) is 123 Å². The van der Waals surface area contributed by atoms with E-state index in [0.29, 0.717) is 0 Å². The SMILES string of the molecule is C[Si](C)(C#Cc1ccccc1)c1ccccc1C#CC#Cc1ccccc1[Si](C)(C)C#Cc1ccccc1. The molecule has 0 spiro atoms. The van der Waals surface area contributed by atoms with Crippen molar-refractivity contribution in [1.29, 1.82) is 0 Å². The molecule has 0 aromatic heterocycles. The molecular formula is C36H30Si2. The van der Waals surface area contributed by atoms with Gasteiger partial charge in [0, 0.05) is 22.3 Å². The molecule has 0 unspecified atom stereocenters. The summed E-state index contributed by atoms with van der Waals surface area (Å²) in [5.41, 5.74) is 11.3.